The number of carbonyl (C=O) groups excluding carboxylic acids is 2. The Bertz CT molecular complexity index is 963. The van der Waals surface area contributed by atoms with Crippen LogP contribution in [-0.4, -0.2) is 19.0 Å². The van der Waals surface area contributed by atoms with E-state index in [-0.39, 0.29) is 5.91 Å². The van der Waals surface area contributed by atoms with Crippen molar-refractivity contribution in [2.45, 2.75) is 6.92 Å². The van der Waals surface area contributed by atoms with E-state index in [1.807, 2.05) is 42.6 Å². The van der Waals surface area contributed by atoms with E-state index in [1.54, 1.807) is 12.1 Å². The Balaban J connectivity index is 1.89. The average Bonchev–Trinajstić information content (AvgIpc) is 3.13. The molecule has 0 saturated carbocycles. The number of carbonyl (C=O) groups is 2. The van der Waals surface area contributed by atoms with Crippen molar-refractivity contribution in [3.05, 3.63) is 74.9 Å². The van der Waals surface area contributed by atoms with Gasteiger partial charge in [-0.3, -0.25) is 4.79 Å². The minimum Gasteiger partial charge on any atom is -0.465 e. The van der Waals surface area contributed by atoms with Crippen LogP contribution < -0.4 is 5.32 Å². The fourth-order valence-corrected chi connectivity index (χ4v) is 3.47. The van der Waals surface area contributed by atoms with Gasteiger partial charge in [0, 0.05) is 5.56 Å². The number of hydrogen-bond acceptors (Lipinski definition) is 4. The van der Waals surface area contributed by atoms with Gasteiger partial charge in [-0.15, -0.1) is 11.3 Å². The Kier molecular flexibility index (Phi) is 5.40. The van der Waals surface area contributed by atoms with Crippen LogP contribution in [0.4, 0.5) is 5.69 Å². The van der Waals surface area contributed by atoms with E-state index in [0.29, 0.717) is 21.2 Å². The van der Waals surface area contributed by atoms with Gasteiger partial charge < -0.3 is 10.1 Å². The van der Waals surface area contributed by atoms with E-state index >= 15 is 0 Å². The first-order chi connectivity index (χ1) is 12.5. The van der Waals surface area contributed by atoms with Crippen LogP contribution in [0.3, 0.4) is 0 Å². The third kappa shape index (κ3) is 3.79. The highest BCUT2D eigenvalue weighted by Gasteiger charge is 2.17. The first-order valence-electron chi connectivity index (χ1n) is 7.83. The van der Waals surface area contributed by atoms with Crippen molar-refractivity contribution >= 4 is 40.5 Å². The monoisotopic (exact) mass is 385 g/mol. The maximum Gasteiger partial charge on any atom is 0.337 e. The lowest BCUT2D eigenvalue weighted by Crippen LogP contribution is -2.12. The molecule has 6 heteroatoms. The van der Waals surface area contributed by atoms with Gasteiger partial charge in [0.2, 0.25) is 0 Å². The summed E-state index contributed by atoms with van der Waals surface area (Å²) in [5.41, 5.74) is 3.66. The van der Waals surface area contributed by atoms with E-state index in [2.05, 4.69) is 5.32 Å². The van der Waals surface area contributed by atoms with E-state index < -0.39 is 5.97 Å². The molecule has 3 rings (SSSR count). The zero-order chi connectivity index (χ0) is 18.7. The molecule has 26 heavy (non-hydrogen) atoms. The fourth-order valence-electron chi connectivity index (χ4n) is 2.49. The third-order valence-corrected chi connectivity index (χ3v) is 5.11. The van der Waals surface area contributed by atoms with Gasteiger partial charge in [-0.2, -0.15) is 0 Å². The van der Waals surface area contributed by atoms with Crippen LogP contribution in [-0.2, 0) is 4.74 Å². The van der Waals surface area contributed by atoms with E-state index in [0.717, 1.165) is 16.7 Å². The average molecular weight is 386 g/mol. The summed E-state index contributed by atoms with van der Waals surface area (Å²) in [7, 11) is 1.30. The van der Waals surface area contributed by atoms with E-state index in [9.17, 15) is 9.59 Å². The van der Waals surface area contributed by atoms with Gasteiger partial charge in [-0.1, -0.05) is 41.4 Å². The van der Waals surface area contributed by atoms with Crippen LogP contribution in [0.25, 0.3) is 11.1 Å². The molecule has 0 bridgehead atoms. The second-order valence-electron chi connectivity index (χ2n) is 5.67. The second-order valence-corrected chi connectivity index (χ2v) is 6.99. The number of nitrogens with one attached hydrogen (secondary N) is 1. The first kappa shape index (κ1) is 18.2. The third-order valence-electron chi connectivity index (χ3n) is 3.87. The molecule has 2 aromatic carbocycles. The Labute approximate surface area is 160 Å². The summed E-state index contributed by atoms with van der Waals surface area (Å²) in [5, 5.41) is 5.00. The van der Waals surface area contributed by atoms with Crippen LogP contribution in [0.5, 0.6) is 0 Å². The molecule has 0 atom stereocenters. The molecule has 0 saturated heterocycles. The number of anilines is 1. The smallest absolute Gasteiger partial charge is 0.337 e. The molecular formula is C20H16ClNO3S. The Morgan fingerprint density at radius 3 is 2.50 bits per heavy atom. The van der Waals surface area contributed by atoms with Crippen molar-refractivity contribution < 1.29 is 14.3 Å². The Hall–Kier alpha value is -2.63. The van der Waals surface area contributed by atoms with Crippen LogP contribution in [0.1, 0.15) is 25.6 Å². The Morgan fingerprint density at radius 1 is 1.08 bits per heavy atom. The molecule has 0 radical (unpaired) electrons. The lowest BCUT2D eigenvalue weighted by molar-refractivity contribution is 0.0600. The minimum absolute atomic E-state index is 0.278. The van der Waals surface area contributed by atoms with Crippen molar-refractivity contribution in [3.63, 3.8) is 0 Å². The van der Waals surface area contributed by atoms with Gasteiger partial charge in [0.25, 0.3) is 5.91 Å². The van der Waals surface area contributed by atoms with Crippen LogP contribution in [0.15, 0.2) is 53.9 Å². The van der Waals surface area contributed by atoms with Crippen molar-refractivity contribution in [1.82, 2.24) is 0 Å². The number of esters is 1. The highest BCUT2D eigenvalue weighted by atomic mass is 35.5. The van der Waals surface area contributed by atoms with Crippen molar-refractivity contribution in [2.75, 3.05) is 12.4 Å². The van der Waals surface area contributed by atoms with Crippen molar-refractivity contribution in [3.8, 4) is 11.1 Å². The number of halogens is 1. The van der Waals surface area contributed by atoms with Gasteiger partial charge in [0.15, 0.2) is 0 Å². The van der Waals surface area contributed by atoms with Crippen LogP contribution >= 0.6 is 22.9 Å². The SMILES string of the molecule is COC(=O)c1ccc(Cl)c(NC(=O)c2sccc2-c2ccc(C)cc2)c1. The van der Waals surface area contributed by atoms with Gasteiger partial charge in [0.05, 0.1) is 28.3 Å². The zero-order valence-electron chi connectivity index (χ0n) is 14.2. The molecule has 1 aromatic heterocycles. The summed E-state index contributed by atoms with van der Waals surface area (Å²) < 4.78 is 4.70. The summed E-state index contributed by atoms with van der Waals surface area (Å²) in [6, 6.07) is 14.5. The van der Waals surface area contributed by atoms with Crippen LogP contribution in [0, 0.1) is 6.92 Å². The predicted molar refractivity (Wildman–Crippen MR) is 105 cm³/mol. The molecule has 1 N–H and O–H groups in total. The number of thiophene rings is 1. The molecule has 0 fully saturated rings. The maximum atomic E-state index is 12.8. The molecule has 4 nitrogen and oxygen atoms in total. The number of ether oxygens (including phenoxy) is 1. The topological polar surface area (TPSA) is 55.4 Å². The normalized spacial score (nSPS) is 10.4. The first-order valence-corrected chi connectivity index (χ1v) is 9.09. The largest absolute Gasteiger partial charge is 0.465 e. The minimum atomic E-state index is -0.492. The standard InChI is InChI=1S/C20H16ClNO3S/c1-12-3-5-13(6-4-12)15-9-10-26-18(15)19(23)22-17-11-14(20(24)25-2)7-8-16(17)21/h3-11H,1-2H3,(H,22,23). The van der Waals surface area contributed by atoms with Gasteiger partial charge in [-0.25, -0.2) is 4.79 Å². The van der Waals surface area contributed by atoms with Gasteiger partial charge in [0.1, 0.15) is 0 Å². The summed E-state index contributed by atoms with van der Waals surface area (Å²) in [5.74, 6) is -0.770. The summed E-state index contributed by atoms with van der Waals surface area (Å²) >= 11 is 7.51. The fraction of sp³-hybridized carbons (Fsp3) is 0.100. The number of amides is 1. The number of hydrogen-bond donors (Lipinski definition) is 1. The summed E-state index contributed by atoms with van der Waals surface area (Å²) in [6.07, 6.45) is 0. The maximum absolute atomic E-state index is 12.8. The predicted octanol–water partition coefficient (Wildman–Crippen LogP) is 5.42. The van der Waals surface area contributed by atoms with E-state index in [4.69, 9.17) is 16.3 Å². The molecule has 0 unspecified atom stereocenters. The molecule has 132 valence electrons. The molecule has 0 aliphatic heterocycles. The lowest BCUT2D eigenvalue weighted by atomic mass is 10.0. The number of rotatable bonds is 4. The molecule has 1 heterocycles. The quantitative estimate of drug-likeness (QED) is 0.610. The molecule has 1 amide bonds. The number of methoxy groups -OCH3 is 1. The highest BCUT2D eigenvalue weighted by molar-refractivity contribution is 7.12. The number of benzene rings is 2. The molecule has 0 aliphatic carbocycles. The van der Waals surface area contributed by atoms with Crippen molar-refractivity contribution in [2.24, 2.45) is 0 Å². The van der Waals surface area contributed by atoms with Crippen LogP contribution in [0.2, 0.25) is 5.02 Å². The summed E-state index contributed by atoms with van der Waals surface area (Å²) in [6.45, 7) is 2.02. The van der Waals surface area contributed by atoms with Gasteiger partial charge in [-0.05, 0) is 42.1 Å². The molecule has 0 aliphatic rings. The van der Waals surface area contributed by atoms with E-state index in [1.165, 1.54) is 24.5 Å². The van der Waals surface area contributed by atoms with Crippen molar-refractivity contribution in [1.29, 1.82) is 0 Å². The summed E-state index contributed by atoms with van der Waals surface area (Å²) in [4.78, 5) is 25.0. The van der Waals surface area contributed by atoms with Gasteiger partial charge >= 0.3 is 5.97 Å². The highest BCUT2D eigenvalue weighted by Crippen LogP contribution is 2.30. The molecule has 0 spiro atoms. The second kappa shape index (κ2) is 7.72. The number of aryl methyl sites for hydroxylation is 1. The Morgan fingerprint density at radius 2 is 1.81 bits per heavy atom. The lowest BCUT2D eigenvalue weighted by Gasteiger charge is -2.10. The zero-order valence-corrected chi connectivity index (χ0v) is 15.8. The molecule has 3 aromatic rings. The molecular weight excluding hydrogens is 370 g/mol.